The largest absolute Gasteiger partial charge is 0.446 e. The number of hydrogen-bond acceptors (Lipinski definition) is 4. The Bertz CT molecular complexity index is 687. The minimum Gasteiger partial charge on any atom is -0.446 e. The summed E-state index contributed by atoms with van der Waals surface area (Å²) in [6.45, 7) is 5.42. The highest BCUT2D eigenvalue weighted by Gasteiger charge is 2.11. The Kier molecular flexibility index (Phi) is 10.4. The maximum absolute atomic E-state index is 11.7. The van der Waals surface area contributed by atoms with E-state index >= 15 is 0 Å². The van der Waals surface area contributed by atoms with E-state index in [4.69, 9.17) is 11.6 Å². The topological polar surface area (TPSA) is 59.5 Å². The van der Waals surface area contributed by atoms with Gasteiger partial charge in [0.15, 0.2) is 6.07 Å². The second-order valence-corrected chi connectivity index (χ2v) is 5.25. The number of aromatic nitrogens is 1. The van der Waals surface area contributed by atoms with E-state index in [1.54, 1.807) is 35.5 Å². The molecule has 0 bridgehead atoms. The van der Waals surface area contributed by atoms with Gasteiger partial charge in [-0.05, 0) is 37.6 Å². The van der Waals surface area contributed by atoms with E-state index in [0.717, 1.165) is 18.7 Å². The van der Waals surface area contributed by atoms with Crippen molar-refractivity contribution in [2.75, 3.05) is 19.2 Å². The second-order valence-electron chi connectivity index (χ2n) is 5.04. The summed E-state index contributed by atoms with van der Waals surface area (Å²) in [5.41, 5.74) is 1.61. The molecule has 6 heteroatoms. The first kappa shape index (κ1) is 21.4. The molecule has 0 N–H and O–H groups in total. The van der Waals surface area contributed by atoms with E-state index in [9.17, 15) is 9.59 Å². The molecule has 0 spiro atoms. The van der Waals surface area contributed by atoms with Crippen LogP contribution in [0, 0.1) is 0 Å². The lowest BCUT2D eigenvalue weighted by atomic mass is 10.2. The molecule has 0 aliphatic rings. The van der Waals surface area contributed by atoms with E-state index in [-0.39, 0.29) is 12.0 Å². The van der Waals surface area contributed by atoms with Crippen LogP contribution >= 0.6 is 11.6 Å². The number of rotatable bonds is 6. The van der Waals surface area contributed by atoms with Crippen molar-refractivity contribution in [1.29, 1.82) is 0 Å². The smallest absolute Gasteiger partial charge is 0.331 e. The molecule has 0 fully saturated rings. The molecule has 1 heterocycles. The van der Waals surface area contributed by atoms with Gasteiger partial charge in [0.2, 0.25) is 0 Å². The van der Waals surface area contributed by atoms with Crippen molar-refractivity contribution in [3.05, 3.63) is 72.1 Å². The lowest BCUT2D eigenvalue weighted by Gasteiger charge is -2.17. The quantitative estimate of drug-likeness (QED) is 0.435. The normalized spacial score (nSPS) is 9.96. The molecule has 5 nitrogen and oxygen atoms in total. The highest BCUT2D eigenvalue weighted by molar-refractivity contribution is 6.17. The van der Waals surface area contributed by atoms with E-state index < -0.39 is 5.97 Å². The SMILES string of the molecule is CCN(CC)C(=O)c1cccnc1.O=C(C=Cc1ccccc1)OCCl. The summed E-state index contributed by atoms with van der Waals surface area (Å²) in [6, 6.07) is 12.9. The van der Waals surface area contributed by atoms with Crippen LogP contribution in [0.2, 0.25) is 0 Å². The van der Waals surface area contributed by atoms with Gasteiger partial charge in [0, 0.05) is 31.6 Å². The van der Waals surface area contributed by atoms with Crippen molar-refractivity contribution < 1.29 is 14.3 Å². The average Bonchev–Trinajstić information content (AvgIpc) is 2.69. The van der Waals surface area contributed by atoms with Gasteiger partial charge in [0.25, 0.3) is 5.91 Å². The summed E-state index contributed by atoms with van der Waals surface area (Å²) in [5.74, 6) is -0.378. The molecule has 2 rings (SSSR count). The Hall–Kier alpha value is -2.66. The molecule has 0 unspecified atom stereocenters. The van der Waals surface area contributed by atoms with E-state index in [2.05, 4.69) is 9.72 Å². The number of carbonyl (C=O) groups excluding carboxylic acids is 2. The van der Waals surface area contributed by atoms with Gasteiger partial charge < -0.3 is 9.64 Å². The maximum atomic E-state index is 11.7. The molecule has 1 aromatic heterocycles. The summed E-state index contributed by atoms with van der Waals surface area (Å²) in [6.07, 6.45) is 6.28. The summed E-state index contributed by atoms with van der Waals surface area (Å²) >= 11 is 5.20. The third-order valence-electron chi connectivity index (χ3n) is 3.37. The van der Waals surface area contributed by atoms with Crippen LogP contribution < -0.4 is 0 Å². The molecule has 0 aliphatic heterocycles. The Morgan fingerprint density at radius 2 is 1.81 bits per heavy atom. The summed E-state index contributed by atoms with van der Waals surface area (Å²) in [7, 11) is 0. The zero-order valence-corrected chi connectivity index (χ0v) is 15.7. The van der Waals surface area contributed by atoms with Gasteiger partial charge in [0.1, 0.15) is 0 Å². The molecule has 0 saturated heterocycles. The predicted molar refractivity (Wildman–Crippen MR) is 104 cm³/mol. The van der Waals surface area contributed by atoms with E-state index in [1.165, 1.54) is 6.08 Å². The molecule has 1 amide bonds. The zero-order valence-electron chi connectivity index (χ0n) is 15.0. The van der Waals surface area contributed by atoms with Crippen molar-refractivity contribution in [1.82, 2.24) is 9.88 Å². The summed E-state index contributed by atoms with van der Waals surface area (Å²) in [5, 5.41) is 0. The van der Waals surface area contributed by atoms with Crippen molar-refractivity contribution >= 4 is 29.6 Å². The Balaban J connectivity index is 0.000000260. The Morgan fingerprint density at radius 3 is 2.35 bits per heavy atom. The number of nitrogens with zero attached hydrogens (tertiary/aromatic N) is 2. The van der Waals surface area contributed by atoms with Crippen molar-refractivity contribution in [3.63, 3.8) is 0 Å². The van der Waals surface area contributed by atoms with Crippen LogP contribution in [0.3, 0.4) is 0 Å². The zero-order chi connectivity index (χ0) is 19.2. The molecule has 0 saturated carbocycles. The second kappa shape index (κ2) is 12.7. The van der Waals surface area contributed by atoms with Crippen LogP contribution in [-0.2, 0) is 9.53 Å². The number of ether oxygens (including phenoxy) is 1. The molecular formula is C20H23ClN2O3. The summed E-state index contributed by atoms with van der Waals surface area (Å²) in [4.78, 5) is 28.2. The fourth-order valence-electron chi connectivity index (χ4n) is 2.01. The Labute approximate surface area is 159 Å². The first-order valence-electron chi connectivity index (χ1n) is 8.27. The standard InChI is InChI=1S/C10H9ClO2.C10H14N2O/c11-8-13-10(12)7-6-9-4-2-1-3-5-9;1-3-12(4-2)10(13)9-6-5-7-11-8-9/h1-7H,8H2;5-8H,3-4H2,1-2H3. The first-order valence-corrected chi connectivity index (χ1v) is 8.80. The third-order valence-corrected chi connectivity index (χ3v) is 3.48. The number of amides is 1. The van der Waals surface area contributed by atoms with Crippen molar-refractivity contribution in [2.45, 2.75) is 13.8 Å². The minimum absolute atomic E-state index is 0.0538. The average molecular weight is 375 g/mol. The molecule has 0 radical (unpaired) electrons. The van der Waals surface area contributed by atoms with Gasteiger partial charge in [-0.15, -0.1) is 0 Å². The van der Waals surface area contributed by atoms with Gasteiger partial charge >= 0.3 is 5.97 Å². The van der Waals surface area contributed by atoms with E-state index in [1.807, 2.05) is 44.2 Å². The van der Waals surface area contributed by atoms with E-state index in [0.29, 0.717) is 5.56 Å². The van der Waals surface area contributed by atoms with Crippen LogP contribution in [0.4, 0.5) is 0 Å². The highest BCUT2D eigenvalue weighted by atomic mass is 35.5. The monoisotopic (exact) mass is 374 g/mol. The number of esters is 1. The first-order chi connectivity index (χ1) is 12.6. The lowest BCUT2D eigenvalue weighted by molar-refractivity contribution is -0.135. The molecule has 1 aromatic carbocycles. The number of alkyl halides is 1. The van der Waals surface area contributed by atoms with Gasteiger partial charge in [-0.3, -0.25) is 9.78 Å². The molecular weight excluding hydrogens is 352 g/mol. The number of halogens is 1. The number of carbonyl (C=O) groups is 2. The van der Waals surface area contributed by atoms with Gasteiger partial charge in [-0.25, -0.2) is 4.79 Å². The fourth-order valence-corrected chi connectivity index (χ4v) is 2.12. The maximum Gasteiger partial charge on any atom is 0.331 e. The molecule has 26 heavy (non-hydrogen) atoms. The third kappa shape index (κ3) is 7.94. The van der Waals surface area contributed by atoms with Crippen LogP contribution in [0.5, 0.6) is 0 Å². The predicted octanol–water partition coefficient (Wildman–Crippen LogP) is 4.00. The van der Waals surface area contributed by atoms with Gasteiger partial charge in [0.05, 0.1) is 5.56 Å². The number of benzene rings is 1. The number of hydrogen-bond donors (Lipinski definition) is 0. The molecule has 138 valence electrons. The van der Waals surface area contributed by atoms with Crippen molar-refractivity contribution in [3.8, 4) is 0 Å². The Morgan fingerprint density at radius 1 is 1.12 bits per heavy atom. The number of pyridine rings is 1. The summed E-state index contributed by atoms with van der Waals surface area (Å²) < 4.78 is 4.50. The fraction of sp³-hybridized carbons (Fsp3) is 0.250. The minimum atomic E-state index is -0.432. The van der Waals surface area contributed by atoms with Gasteiger partial charge in [-0.2, -0.15) is 0 Å². The lowest BCUT2D eigenvalue weighted by Crippen LogP contribution is -2.30. The van der Waals surface area contributed by atoms with Crippen LogP contribution in [-0.4, -0.2) is 40.9 Å². The van der Waals surface area contributed by atoms with Gasteiger partial charge in [-0.1, -0.05) is 41.9 Å². The molecule has 2 aromatic rings. The molecule has 0 atom stereocenters. The van der Waals surface area contributed by atoms with Crippen molar-refractivity contribution in [2.24, 2.45) is 0 Å². The highest BCUT2D eigenvalue weighted by Crippen LogP contribution is 2.02. The van der Waals surface area contributed by atoms with Crippen LogP contribution in [0.1, 0.15) is 29.8 Å². The molecule has 0 aliphatic carbocycles. The van der Waals surface area contributed by atoms with Crippen LogP contribution in [0.25, 0.3) is 6.08 Å². The van der Waals surface area contributed by atoms with Crippen LogP contribution in [0.15, 0.2) is 60.9 Å².